The van der Waals surface area contributed by atoms with Gasteiger partial charge in [-0.2, -0.15) is 0 Å². The van der Waals surface area contributed by atoms with Crippen LogP contribution >= 0.6 is 0 Å². The van der Waals surface area contributed by atoms with Crippen LogP contribution in [0.3, 0.4) is 0 Å². The maximum atomic E-state index is 2.43. The zero-order valence-corrected chi connectivity index (χ0v) is 9.57. The Labute approximate surface area is 77.7 Å². The average molecular weight is 168 g/mol. The van der Waals surface area contributed by atoms with E-state index in [1.54, 1.807) is 0 Å². The molecule has 0 heterocycles. The van der Waals surface area contributed by atoms with Crippen molar-refractivity contribution in [1.82, 2.24) is 0 Å². The van der Waals surface area contributed by atoms with Crippen LogP contribution in [0.5, 0.6) is 0 Å². The SMILES string of the molecule is CC(C)C(C)(C)C1CC(C)(C)C1. The summed E-state index contributed by atoms with van der Waals surface area (Å²) in [5, 5.41) is 0. The van der Waals surface area contributed by atoms with Gasteiger partial charge in [0.2, 0.25) is 0 Å². The van der Waals surface area contributed by atoms with E-state index in [0.29, 0.717) is 10.8 Å². The predicted octanol–water partition coefficient (Wildman–Crippen LogP) is 4.10. The Morgan fingerprint density at radius 3 is 1.83 bits per heavy atom. The molecule has 1 aliphatic rings. The lowest BCUT2D eigenvalue weighted by molar-refractivity contribution is -0.0204. The molecule has 12 heavy (non-hydrogen) atoms. The van der Waals surface area contributed by atoms with E-state index >= 15 is 0 Å². The molecule has 0 aromatic rings. The van der Waals surface area contributed by atoms with Crippen molar-refractivity contribution in [2.45, 2.75) is 54.4 Å². The molecule has 1 fully saturated rings. The van der Waals surface area contributed by atoms with E-state index in [0.717, 1.165) is 11.8 Å². The van der Waals surface area contributed by atoms with Gasteiger partial charge in [0.15, 0.2) is 0 Å². The first kappa shape index (κ1) is 10.1. The van der Waals surface area contributed by atoms with Crippen molar-refractivity contribution in [1.29, 1.82) is 0 Å². The van der Waals surface area contributed by atoms with Crippen LogP contribution in [0, 0.1) is 22.7 Å². The topological polar surface area (TPSA) is 0 Å². The monoisotopic (exact) mass is 168 g/mol. The Balaban J connectivity index is 2.52. The van der Waals surface area contributed by atoms with Crippen LogP contribution in [0.4, 0.5) is 0 Å². The number of hydrogen-bond acceptors (Lipinski definition) is 0. The molecule has 0 N–H and O–H groups in total. The third-order valence-corrected chi connectivity index (χ3v) is 4.14. The quantitative estimate of drug-likeness (QED) is 0.582. The summed E-state index contributed by atoms with van der Waals surface area (Å²) in [6, 6.07) is 0. The molecule has 1 rings (SSSR count). The minimum atomic E-state index is 0.551. The van der Waals surface area contributed by atoms with E-state index in [1.807, 2.05) is 0 Å². The molecule has 72 valence electrons. The van der Waals surface area contributed by atoms with Crippen LogP contribution in [-0.4, -0.2) is 0 Å². The molecule has 0 nitrogen and oxygen atoms in total. The zero-order valence-electron chi connectivity index (χ0n) is 9.57. The summed E-state index contributed by atoms with van der Waals surface area (Å²) in [7, 11) is 0. The largest absolute Gasteiger partial charge is 0.0623 e. The molecule has 0 aromatic carbocycles. The van der Waals surface area contributed by atoms with E-state index in [-0.39, 0.29) is 0 Å². The van der Waals surface area contributed by atoms with Crippen molar-refractivity contribution in [3.8, 4) is 0 Å². The van der Waals surface area contributed by atoms with E-state index < -0.39 is 0 Å². The highest BCUT2D eigenvalue weighted by molar-refractivity contribution is 4.95. The number of hydrogen-bond donors (Lipinski definition) is 0. The van der Waals surface area contributed by atoms with Gasteiger partial charge >= 0.3 is 0 Å². The summed E-state index contributed by atoms with van der Waals surface area (Å²) in [5.74, 6) is 1.78. The van der Waals surface area contributed by atoms with Crippen molar-refractivity contribution >= 4 is 0 Å². The Bertz CT molecular complexity index is 155. The molecule has 0 amide bonds. The smallest absolute Gasteiger partial charge is 0.0302 e. The van der Waals surface area contributed by atoms with Crippen LogP contribution in [0.2, 0.25) is 0 Å². The van der Waals surface area contributed by atoms with Crippen molar-refractivity contribution in [3.63, 3.8) is 0 Å². The molecule has 0 spiro atoms. The van der Waals surface area contributed by atoms with Gasteiger partial charge in [0, 0.05) is 0 Å². The minimum Gasteiger partial charge on any atom is -0.0623 e. The average Bonchev–Trinajstić information content (AvgIpc) is 1.82. The second-order valence-electron chi connectivity index (χ2n) is 6.25. The summed E-state index contributed by atoms with van der Waals surface area (Å²) < 4.78 is 0. The molecule has 1 aliphatic carbocycles. The first-order valence-corrected chi connectivity index (χ1v) is 5.26. The fourth-order valence-electron chi connectivity index (χ4n) is 2.27. The molecule has 1 saturated carbocycles. The molecular weight excluding hydrogens is 144 g/mol. The highest BCUT2D eigenvalue weighted by Gasteiger charge is 2.45. The summed E-state index contributed by atoms with van der Waals surface area (Å²) in [6.45, 7) is 14.3. The summed E-state index contributed by atoms with van der Waals surface area (Å²) >= 11 is 0. The van der Waals surface area contributed by atoms with Crippen LogP contribution in [0.25, 0.3) is 0 Å². The van der Waals surface area contributed by atoms with Crippen molar-refractivity contribution in [2.75, 3.05) is 0 Å². The highest BCUT2D eigenvalue weighted by atomic mass is 14.5. The minimum absolute atomic E-state index is 0.551. The molecular formula is C12H24. The van der Waals surface area contributed by atoms with Gasteiger partial charge in [0.1, 0.15) is 0 Å². The van der Waals surface area contributed by atoms with Gasteiger partial charge in [-0.1, -0.05) is 41.5 Å². The van der Waals surface area contributed by atoms with Gasteiger partial charge in [0.05, 0.1) is 0 Å². The lowest BCUT2D eigenvalue weighted by Crippen LogP contribution is -2.43. The van der Waals surface area contributed by atoms with E-state index in [2.05, 4.69) is 41.5 Å². The van der Waals surface area contributed by atoms with Crippen LogP contribution < -0.4 is 0 Å². The number of rotatable bonds is 2. The van der Waals surface area contributed by atoms with Crippen molar-refractivity contribution < 1.29 is 0 Å². The van der Waals surface area contributed by atoms with Crippen LogP contribution in [0.1, 0.15) is 54.4 Å². The van der Waals surface area contributed by atoms with Crippen LogP contribution in [-0.2, 0) is 0 Å². The Hall–Kier alpha value is 0. The van der Waals surface area contributed by atoms with E-state index in [9.17, 15) is 0 Å². The Kier molecular flexibility index (Phi) is 2.31. The predicted molar refractivity (Wildman–Crippen MR) is 55.1 cm³/mol. The third-order valence-electron chi connectivity index (χ3n) is 4.14. The second-order valence-corrected chi connectivity index (χ2v) is 6.25. The van der Waals surface area contributed by atoms with Crippen molar-refractivity contribution in [2.24, 2.45) is 22.7 Å². The molecule has 0 aromatic heterocycles. The standard InChI is InChI=1S/C12H24/c1-9(2)12(5,6)10-7-11(3,4)8-10/h9-10H,7-8H2,1-6H3. The van der Waals surface area contributed by atoms with Gasteiger partial charge in [-0.25, -0.2) is 0 Å². The first-order chi connectivity index (χ1) is 5.26. The van der Waals surface area contributed by atoms with E-state index in [4.69, 9.17) is 0 Å². The van der Waals surface area contributed by atoms with E-state index in [1.165, 1.54) is 12.8 Å². The summed E-state index contributed by atoms with van der Waals surface area (Å²) in [6.07, 6.45) is 2.86. The molecule has 0 saturated heterocycles. The van der Waals surface area contributed by atoms with Crippen molar-refractivity contribution in [3.05, 3.63) is 0 Å². The maximum Gasteiger partial charge on any atom is -0.0302 e. The molecule has 0 unspecified atom stereocenters. The lowest BCUT2D eigenvalue weighted by atomic mass is 9.53. The summed E-state index contributed by atoms with van der Waals surface area (Å²) in [4.78, 5) is 0. The fraction of sp³-hybridized carbons (Fsp3) is 1.00. The Morgan fingerprint density at radius 2 is 1.58 bits per heavy atom. The third kappa shape index (κ3) is 1.67. The zero-order chi connectivity index (χ0) is 9.57. The normalized spacial score (nSPS) is 24.2. The maximum absolute atomic E-state index is 2.43. The molecule has 0 atom stereocenters. The molecule has 0 aliphatic heterocycles. The molecule has 0 heteroatoms. The van der Waals surface area contributed by atoms with Gasteiger partial charge in [-0.05, 0) is 35.5 Å². The van der Waals surface area contributed by atoms with Gasteiger partial charge in [-0.15, -0.1) is 0 Å². The van der Waals surface area contributed by atoms with Gasteiger partial charge < -0.3 is 0 Å². The molecule has 0 bridgehead atoms. The first-order valence-electron chi connectivity index (χ1n) is 5.26. The fourth-order valence-corrected chi connectivity index (χ4v) is 2.27. The second kappa shape index (κ2) is 2.75. The van der Waals surface area contributed by atoms with Gasteiger partial charge in [-0.3, -0.25) is 0 Å². The van der Waals surface area contributed by atoms with Gasteiger partial charge in [0.25, 0.3) is 0 Å². The lowest BCUT2D eigenvalue weighted by Gasteiger charge is -2.52. The Morgan fingerprint density at radius 1 is 1.17 bits per heavy atom. The van der Waals surface area contributed by atoms with Crippen LogP contribution in [0.15, 0.2) is 0 Å². The summed E-state index contributed by atoms with van der Waals surface area (Å²) in [5.41, 5.74) is 1.19. The molecule has 0 radical (unpaired) electrons. The highest BCUT2D eigenvalue weighted by Crippen LogP contribution is 2.54.